The molecule has 2 heterocycles. The number of rotatable bonds is 9. The van der Waals surface area contributed by atoms with E-state index in [4.69, 9.17) is 23.7 Å². The highest BCUT2D eigenvalue weighted by Gasteiger charge is 2.55. The van der Waals surface area contributed by atoms with E-state index in [1.54, 1.807) is 20.8 Å². The number of aromatic nitrogens is 2. The fraction of sp³-hybridized carbons (Fsp3) is 0.871. The zero-order valence-electron chi connectivity index (χ0n) is 31.0. The van der Waals surface area contributed by atoms with E-state index in [1.165, 1.54) is 10.8 Å². The SMILES string of the molecule is CC(C)(C)N([O])c1cn([C@@H]2O[C@H](CO[Si](C)(C)C(C)(C)C)[C@@H](O[Si](C)(C)C(C)(C)C)[C@H]2O[Si](C)(C)C(C)(C)C)c(=O)nc1N. The van der Waals surface area contributed by atoms with E-state index in [0.29, 0.717) is 6.61 Å². The molecule has 13 heteroatoms. The third-order valence-electron chi connectivity index (χ3n) is 10.2. The zero-order valence-corrected chi connectivity index (χ0v) is 34.0. The highest BCUT2D eigenvalue weighted by Crippen LogP contribution is 2.46. The molecule has 10 nitrogen and oxygen atoms in total. The van der Waals surface area contributed by atoms with Gasteiger partial charge in [0.1, 0.15) is 24.0 Å². The number of hydrogen-bond donors (Lipinski definition) is 1. The van der Waals surface area contributed by atoms with Gasteiger partial charge in [-0.2, -0.15) is 4.98 Å². The first-order valence-corrected chi connectivity index (χ1v) is 24.6. The van der Waals surface area contributed by atoms with Crippen LogP contribution in [0.4, 0.5) is 11.5 Å². The second kappa shape index (κ2) is 12.5. The van der Waals surface area contributed by atoms with Gasteiger partial charge in [0.15, 0.2) is 37.0 Å². The Bertz CT molecular complexity index is 1210. The normalized spacial score (nSPS) is 22.9. The van der Waals surface area contributed by atoms with E-state index >= 15 is 0 Å². The van der Waals surface area contributed by atoms with Crippen LogP contribution in [0.2, 0.25) is 54.4 Å². The summed E-state index contributed by atoms with van der Waals surface area (Å²) in [6.07, 6.45) is -1.12. The second-order valence-electron chi connectivity index (χ2n) is 18.0. The van der Waals surface area contributed by atoms with Gasteiger partial charge in [-0.3, -0.25) is 4.57 Å². The standard InChI is InChI=1S/C31H63N4O6Si3/c1-28(2,3)35(37)21-19-34(27(36)33-25(21)32)26-24(41-44(17,18)31(10,11)12)23(40-43(15,16)30(7,8)9)22(39-26)20-38-42(13,14)29(4,5)6/h19,22-24,26H,20H2,1-18H3,(H2,32,33,36)/t22-,23-,24-,26-/m1/s1. The van der Waals surface area contributed by atoms with Crippen LogP contribution < -0.4 is 16.5 Å². The van der Waals surface area contributed by atoms with Crippen molar-refractivity contribution in [3.05, 3.63) is 16.7 Å². The van der Waals surface area contributed by atoms with E-state index in [2.05, 4.69) is 107 Å². The molecule has 0 spiro atoms. The van der Waals surface area contributed by atoms with Crippen LogP contribution in [-0.4, -0.2) is 65.0 Å². The summed E-state index contributed by atoms with van der Waals surface area (Å²) in [7, 11) is -6.96. The van der Waals surface area contributed by atoms with Crippen molar-refractivity contribution in [2.24, 2.45) is 0 Å². The van der Waals surface area contributed by atoms with E-state index < -0.39 is 60.7 Å². The van der Waals surface area contributed by atoms with Crippen LogP contribution in [0, 0.1) is 0 Å². The molecule has 4 atom stereocenters. The van der Waals surface area contributed by atoms with Gasteiger partial charge in [-0.05, 0) is 75.2 Å². The van der Waals surface area contributed by atoms with Gasteiger partial charge in [0.25, 0.3) is 0 Å². The quantitative estimate of drug-likeness (QED) is 0.212. The van der Waals surface area contributed by atoms with Gasteiger partial charge in [0.05, 0.1) is 12.1 Å². The lowest BCUT2D eigenvalue weighted by atomic mass is 10.1. The Labute approximate surface area is 270 Å². The van der Waals surface area contributed by atoms with E-state index in [-0.39, 0.29) is 26.6 Å². The molecule has 1 radical (unpaired) electrons. The first-order chi connectivity index (χ1) is 19.3. The predicted molar refractivity (Wildman–Crippen MR) is 187 cm³/mol. The maximum Gasteiger partial charge on any atom is 0.351 e. The van der Waals surface area contributed by atoms with Crippen molar-refractivity contribution in [1.29, 1.82) is 0 Å². The molecule has 1 saturated heterocycles. The van der Waals surface area contributed by atoms with Gasteiger partial charge >= 0.3 is 5.69 Å². The molecule has 0 saturated carbocycles. The fourth-order valence-electron chi connectivity index (χ4n) is 4.05. The van der Waals surface area contributed by atoms with Crippen LogP contribution in [0.25, 0.3) is 0 Å². The third-order valence-corrected chi connectivity index (χ3v) is 23.7. The van der Waals surface area contributed by atoms with Gasteiger partial charge < -0.3 is 23.7 Å². The summed E-state index contributed by atoms with van der Waals surface area (Å²) in [5.74, 6) is -0.122. The summed E-state index contributed by atoms with van der Waals surface area (Å²) in [5.41, 5.74) is 4.82. The maximum absolute atomic E-state index is 13.5. The first kappa shape index (κ1) is 39.1. The lowest BCUT2D eigenvalue weighted by Crippen LogP contribution is -2.54. The second-order valence-corrected chi connectivity index (χ2v) is 32.3. The molecule has 0 aliphatic carbocycles. The summed E-state index contributed by atoms with van der Waals surface area (Å²) in [4.78, 5) is 17.6. The number of nitrogens with two attached hydrogens (primary N) is 1. The summed E-state index contributed by atoms with van der Waals surface area (Å²) in [5, 5.41) is 13.9. The number of hydrogen-bond acceptors (Lipinski definition) is 8. The largest absolute Gasteiger partial charge is 0.414 e. The maximum atomic E-state index is 13.5. The van der Waals surface area contributed by atoms with Crippen molar-refractivity contribution < 1.29 is 23.2 Å². The Morgan fingerprint density at radius 1 is 0.818 bits per heavy atom. The molecule has 1 aliphatic heterocycles. The third kappa shape index (κ3) is 8.44. The topological polar surface area (TPSA) is 121 Å². The molecule has 0 amide bonds. The van der Waals surface area contributed by atoms with Crippen molar-refractivity contribution >= 4 is 36.5 Å². The average Bonchev–Trinajstić information content (AvgIpc) is 3.10. The molecular formula is C31H63N4O6Si3. The Morgan fingerprint density at radius 3 is 1.66 bits per heavy atom. The minimum Gasteiger partial charge on any atom is -0.414 e. The number of nitrogen functional groups attached to an aromatic ring is 1. The monoisotopic (exact) mass is 671 g/mol. The Hall–Kier alpha value is -1.07. The van der Waals surface area contributed by atoms with Crippen molar-refractivity contribution in [3.8, 4) is 0 Å². The van der Waals surface area contributed by atoms with Gasteiger partial charge in [-0.25, -0.2) is 9.86 Å². The van der Waals surface area contributed by atoms with E-state index in [0.717, 1.165) is 5.06 Å². The van der Waals surface area contributed by atoms with Crippen LogP contribution in [0.3, 0.4) is 0 Å². The summed E-state index contributed by atoms with van der Waals surface area (Å²) in [6.45, 7) is 38.6. The van der Waals surface area contributed by atoms with Gasteiger partial charge in [0, 0.05) is 6.20 Å². The predicted octanol–water partition coefficient (Wildman–Crippen LogP) is 7.48. The number of hydroxylamine groups is 1. The Morgan fingerprint density at radius 2 is 1.25 bits per heavy atom. The molecule has 1 aromatic rings. The molecule has 0 aromatic carbocycles. The highest BCUT2D eigenvalue weighted by atomic mass is 28.4. The molecule has 1 aliphatic rings. The molecule has 2 rings (SSSR count). The van der Waals surface area contributed by atoms with E-state index in [1.807, 2.05) is 0 Å². The van der Waals surface area contributed by atoms with Crippen molar-refractivity contribution in [2.45, 2.75) is 168 Å². The van der Waals surface area contributed by atoms with Crippen LogP contribution in [0.5, 0.6) is 0 Å². The van der Waals surface area contributed by atoms with Gasteiger partial charge in [-0.15, -0.1) is 0 Å². The highest BCUT2D eigenvalue weighted by molar-refractivity contribution is 6.75. The average molecular weight is 672 g/mol. The number of ether oxygens (including phenoxy) is 1. The van der Waals surface area contributed by atoms with Crippen molar-refractivity contribution in [2.75, 3.05) is 17.4 Å². The minimum atomic E-state index is -2.43. The van der Waals surface area contributed by atoms with Crippen molar-refractivity contribution in [3.63, 3.8) is 0 Å². The van der Waals surface area contributed by atoms with Crippen LogP contribution in [-0.2, 0) is 23.2 Å². The summed E-state index contributed by atoms with van der Waals surface area (Å²) < 4.78 is 29.2. The molecule has 1 aromatic heterocycles. The lowest BCUT2D eigenvalue weighted by molar-refractivity contribution is -0.0510. The Balaban J connectivity index is 2.81. The van der Waals surface area contributed by atoms with Crippen LogP contribution >= 0.6 is 0 Å². The smallest absolute Gasteiger partial charge is 0.351 e. The Kier molecular flexibility index (Phi) is 11.1. The molecule has 44 heavy (non-hydrogen) atoms. The molecule has 1 fully saturated rings. The minimum absolute atomic E-state index is 0.00487. The first-order valence-electron chi connectivity index (χ1n) is 15.9. The molecule has 2 N–H and O–H groups in total. The summed E-state index contributed by atoms with van der Waals surface area (Å²) >= 11 is 0. The van der Waals surface area contributed by atoms with Gasteiger partial charge in [0.2, 0.25) is 0 Å². The van der Waals surface area contributed by atoms with Crippen LogP contribution in [0.1, 0.15) is 89.3 Å². The lowest BCUT2D eigenvalue weighted by Gasteiger charge is -2.44. The van der Waals surface area contributed by atoms with Gasteiger partial charge in [-0.1, -0.05) is 67.5 Å². The molecule has 255 valence electrons. The molecule has 0 unspecified atom stereocenters. The summed E-state index contributed by atoms with van der Waals surface area (Å²) in [6, 6.07) is 0. The molecule has 0 bridgehead atoms. The van der Waals surface area contributed by atoms with Crippen molar-refractivity contribution in [1.82, 2.24) is 9.55 Å². The number of nitrogens with zero attached hydrogens (tertiary/aromatic N) is 3. The fourth-order valence-corrected chi connectivity index (χ4v) is 7.66. The number of anilines is 2. The zero-order chi connectivity index (χ0) is 34.6. The van der Waals surface area contributed by atoms with Crippen LogP contribution in [0.15, 0.2) is 11.0 Å². The van der Waals surface area contributed by atoms with E-state index in [9.17, 15) is 10.0 Å². The molecular weight excluding hydrogens is 609 g/mol.